The molecule has 0 bridgehead atoms. The van der Waals surface area contributed by atoms with Gasteiger partial charge in [0.15, 0.2) is 0 Å². The number of rotatable bonds is 9. The molecular weight excluding hydrogens is 331 g/mol. The maximum absolute atomic E-state index is 12.9. The predicted molar refractivity (Wildman–Crippen MR) is 89.8 cm³/mol. The van der Waals surface area contributed by atoms with Crippen molar-refractivity contribution in [1.29, 1.82) is 0 Å². The van der Waals surface area contributed by atoms with E-state index in [-0.39, 0.29) is 17.3 Å². The summed E-state index contributed by atoms with van der Waals surface area (Å²) >= 11 is 0. The third kappa shape index (κ3) is 5.47. The first-order valence-corrected chi connectivity index (χ1v) is 8.89. The molecule has 4 nitrogen and oxygen atoms in total. The van der Waals surface area contributed by atoms with E-state index in [1.54, 1.807) is 24.3 Å². The van der Waals surface area contributed by atoms with Crippen LogP contribution >= 0.6 is 0 Å². The molecule has 0 N–H and O–H groups in total. The summed E-state index contributed by atoms with van der Waals surface area (Å²) in [7, 11) is -3.88. The molecule has 0 fully saturated rings. The van der Waals surface area contributed by atoms with Crippen molar-refractivity contribution in [2.24, 2.45) is 0 Å². The zero-order valence-electron chi connectivity index (χ0n) is 13.1. The Hall–Kier alpha value is -2.18. The molecule has 2 rings (SSSR count). The van der Waals surface area contributed by atoms with Crippen molar-refractivity contribution < 1.29 is 21.7 Å². The molecule has 0 aliphatic heterocycles. The Labute approximate surface area is 141 Å². The van der Waals surface area contributed by atoms with Gasteiger partial charge in [-0.1, -0.05) is 24.3 Å². The number of hydrogen-bond donors (Lipinski definition) is 0. The fourth-order valence-corrected chi connectivity index (χ4v) is 3.12. The molecule has 0 amide bonds. The van der Waals surface area contributed by atoms with Gasteiger partial charge < -0.3 is 4.74 Å². The van der Waals surface area contributed by atoms with Crippen molar-refractivity contribution in [3.05, 3.63) is 73.1 Å². The van der Waals surface area contributed by atoms with E-state index in [0.29, 0.717) is 18.6 Å². The summed E-state index contributed by atoms with van der Waals surface area (Å²) in [6.45, 7) is 3.66. The minimum absolute atomic E-state index is 0.0333. The summed E-state index contributed by atoms with van der Waals surface area (Å²) in [6, 6.07) is 13.4. The Morgan fingerprint density at radius 3 is 2.38 bits per heavy atom. The Kier molecular flexibility index (Phi) is 6.52. The first-order chi connectivity index (χ1) is 11.5. The lowest BCUT2D eigenvalue weighted by atomic mass is 10.2. The van der Waals surface area contributed by atoms with E-state index in [2.05, 4.69) is 6.58 Å². The van der Waals surface area contributed by atoms with Crippen LogP contribution in [0.5, 0.6) is 5.75 Å². The fraction of sp³-hybridized carbons (Fsp3) is 0.222. The van der Waals surface area contributed by atoms with Crippen LogP contribution in [-0.2, 0) is 14.3 Å². The van der Waals surface area contributed by atoms with E-state index >= 15 is 0 Å². The van der Waals surface area contributed by atoms with E-state index in [9.17, 15) is 12.8 Å². The molecular formula is C18H19FO4S. The van der Waals surface area contributed by atoms with Crippen LogP contribution in [0.4, 0.5) is 4.39 Å². The van der Waals surface area contributed by atoms with Gasteiger partial charge in [-0.2, -0.15) is 8.42 Å². The topological polar surface area (TPSA) is 52.6 Å². The largest absolute Gasteiger partial charge is 0.491 e. The Morgan fingerprint density at radius 2 is 1.75 bits per heavy atom. The molecule has 0 radical (unpaired) electrons. The van der Waals surface area contributed by atoms with Crippen LogP contribution in [0.25, 0.3) is 0 Å². The van der Waals surface area contributed by atoms with E-state index in [1.165, 1.54) is 36.4 Å². The van der Waals surface area contributed by atoms with Gasteiger partial charge in [0, 0.05) is 0 Å². The smallest absolute Gasteiger partial charge is 0.297 e. The Balaban J connectivity index is 2.04. The number of hydrogen-bond acceptors (Lipinski definition) is 4. The molecule has 0 heterocycles. The van der Waals surface area contributed by atoms with Crippen molar-refractivity contribution in [1.82, 2.24) is 0 Å². The van der Waals surface area contributed by atoms with Gasteiger partial charge in [0.25, 0.3) is 10.1 Å². The zero-order chi connectivity index (χ0) is 17.4. The molecule has 2 aromatic carbocycles. The Morgan fingerprint density at radius 1 is 1.08 bits per heavy atom. The summed E-state index contributed by atoms with van der Waals surface area (Å²) in [5.74, 6) is 0.0779. The van der Waals surface area contributed by atoms with Gasteiger partial charge in [-0.25, -0.2) is 4.39 Å². The summed E-state index contributed by atoms with van der Waals surface area (Å²) in [5, 5.41) is 0. The van der Waals surface area contributed by atoms with Gasteiger partial charge in [-0.15, -0.1) is 6.58 Å². The van der Waals surface area contributed by atoms with Gasteiger partial charge in [-0.05, 0) is 49.2 Å². The van der Waals surface area contributed by atoms with Crippen molar-refractivity contribution in [2.45, 2.75) is 23.8 Å². The highest BCUT2D eigenvalue weighted by Gasteiger charge is 2.22. The van der Waals surface area contributed by atoms with Crippen molar-refractivity contribution in [3.8, 4) is 5.75 Å². The molecule has 2 aromatic rings. The average Bonchev–Trinajstić information content (AvgIpc) is 2.59. The van der Waals surface area contributed by atoms with Crippen LogP contribution in [0.2, 0.25) is 0 Å². The SMILES string of the molecule is C=CCCC(COc1ccc(F)cc1)OS(=O)(=O)c1ccccc1. The summed E-state index contributed by atoms with van der Waals surface area (Å²) < 4.78 is 48.3. The third-order valence-electron chi connectivity index (χ3n) is 3.24. The molecule has 1 unspecified atom stereocenters. The van der Waals surface area contributed by atoms with Gasteiger partial charge >= 0.3 is 0 Å². The van der Waals surface area contributed by atoms with Gasteiger partial charge in [0.1, 0.15) is 24.3 Å². The van der Waals surface area contributed by atoms with E-state index < -0.39 is 16.2 Å². The lowest BCUT2D eigenvalue weighted by molar-refractivity contribution is 0.127. The second-order valence-electron chi connectivity index (χ2n) is 5.12. The molecule has 0 aliphatic rings. The molecule has 0 aliphatic carbocycles. The molecule has 128 valence electrons. The molecule has 0 aromatic heterocycles. The van der Waals surface area contributed by atoms with Crippen molar-refractivity contribution in [2.75, 3.05) is 6.61 Å². The van der Waals surface area contributed by atoms with Gasteiger partial charge in [0.2, 0.25) is 0 Å². The Bertz CT molecular complexity index is 742. The van der Waals surface area contributed by atoms with Crippen molar-refractivity contribution in [3.63, 3.8) is 0 Å². The standard InChI is InChI=1S/C18H19FO4S/c1-2-3-7-17(14-22-16-12-10-15(19)11-13-16)23-24(20,21)18-8-5-4-6-9-18/h2,4-6,8-13,17H,1,3,7,14H2. The second kappa shape index (κ2) is 8.61. The maximum Gasteiger partial charge on any atom is 0.297 e. The second-order valence-corrected chi connectivity index (χ2v) is 6.69. The summed E-state index contributed by atoms with van der Waals surface area (Å²) in [5.41, 5.74) is 0. The monoisotopic (exact) mass is 350 g/mol. The molecule has 0 saturated carbocycles. The minimum atomic E-state index is -3.88. The molecule has 6 heteroatoms. The highest BCUT2D eigenvalue weighted by atomic mass is 32.2. The lowest BCUT2D eigenvalue weighted by Crippen LogP contribution is -2.25. The third-order valence-corrected chi connectivity index (χ3v) is 4.61. The van der Waals surface area contributed by atoms with Crippen LogP contribution < -0.4 is 4.74 Å². The highest BCUT2D eigenvalue weighted by molar-refractivity contribution is 7.86. The zero-order valence-corrected chi connectivity index (χ0v) is 13.9. The number of benzene rings is 2. The normalized spacial score (nSPS) is 12.5. The first-order valence-electron chi connectivity index (χ1n) is 7.49. The van der Waals surface area contributed by atoms with Crippen LogP contribution in [0, 0.1) is 5.82 Å². The summed E-state index contributed by atoms with van der Waals surface area (Å²) in [6.07, 6.45) is 2.04. The van der Waals surface area contributed by atoms with Crippen LogP contribution in [0.3, 0.4) is 0 Å². The molecule has 24 heavy (non-hydrogen) atoms. The van der Waals surface area contributed by atoms with Crippen molar-refractivity contribution >= 4 is 10.1 Å². The molecule has 0 saturated heterocycles. The van der Waals surface area contributed by atoms with E-state index in [0.717, 1.165) is 0 Å². The lowest BCUT2D eigenvalue weighted by Gasteiger charge is -2.18. The fourth-order valence-electron chi connectivity index (χ4n) is 2.00. The maximum atomic E-state index is 12.9. The number of ether oxygens (including phenoxy) is 1. The van der Waals surface area contributed by atoms with E-state index in [4.69, 9.17) is 8.92 Å². The predicted octanol–water partition coefficient (Wildman–Crippen LogP) is 3.94. The minimum Gasteiger partial charge on any atom is -0.491 e. The number of allylic oxidation sites excluding steroid dienone is 1. The van der Waals surface area contributed by atoms with Gasteiger partial charge in [0.05, 0.1) is 4.90 Å². The first kappa shape index (κ1) is 18.2. The quantitative estimate of drug-likeness (QED) is 0.508. The molecule has 0 spiro atoms. The van der Waals surface area contributed by atoms with Crippen LogP contribution in [0.1, 0.15) is 12.8 Å². The van der Waals surface area contributed by atoms with Gasteiger partial charge in [-0.3, -0.25) is 4.18 Å². The summed E-state index contributed by atoms with van der Waals surface area (Å²) in [4.78, 5) is 0.0929. The van der Waals surface area contributed by atoms with Crippen LogP contribution in [0.15, 0.2) is 72.1 Å². The van der Waals surface area contributed by atoms with E-state index in [1.807, 2.05) is 0 Å². The van der Waals surface area contributed by atoms with Crippen LogP contribution in [-0.4, -0.2) is 21.1 Å². The highest BCUT2D eigenvalue weighted by Crippen LogP contribution is 2.18. The average molecular weight is 350 g/mol. The molecule has 1 atom stereocenters. The number of halogens is 1.